The number of benzene rings is 1. The van der Waals surface area contributed by atoms with Crippen molar-refractivity contribution in [1.29, 1.82) is 0 Å². The number of halogens is 2. The van der Waals surface area contributed by atoms with E-state index in [1.807, 2.05) is 25.1 Å². The zero-order chi connectivity index (χ0) is 15.4. The predicted molar refractivity (Wildman–Crippen MR) is 75.9 cm³/mol. The number of pyridine rings is 1. The SMILES string of the molecule is CN(C)Cc1cccc(NC(=O)c2ccnc(F)c2F)c1. The third-order valence-electron chi connectivity index (χ3n) is 2.77. The van der Waals surface area contributed by atoms with Crippen molar-refractivity contribution in [1.82, 2.24) is 9.88 Å². The number of hydrogen-bond acceptors (Lipinski definition) is 3. The van der Waals surface area contributed by atoms with Gasteiger partial charge in [0.2, 0.25) is 5.95 Å². The fourth-order valence-corrected chi connectivity index (χ4v) is 1.90. The van der Waals surface area contributed by atoms with Crippen LogP contribution in [0.15, 0.2) is 36.5 Å². The quantitative estimate of drug-likeness (QED) is 0.881. The third kappa shape index (κ3) is 3.82. The van der Waals surface area contributed by atoms with Crippen LogP contribution in [0.2, 0.25) is 0 Å². The molecular formula is C15H15F2N3O. The molecule has 0 radical (unpaired) electrons. The van der Waals surface area contributed by atoms with Gasteiger partial charge in [0.1, 0.15) is 0 Å². The molecule has 1 aromatic carbocycles. The summed E-state index contributed by atoms with van der Waals surface area (Å²) in [6, 6.07) is 8.32. The second-order valence-corrected chi connectivity index (χ2v) is 4.86. The van der Waals surface area contributed by atoms with Gasteiger partial charge in [-0.15, -0.1) is 0 Å². The molecule has 6 heteroatoms. The highest BCUT2D eigenvalue weighted by atomic mass is 19.2. The second kappa shape index (κ2) is 6.41. The molecule has 1 N–H and O–H groups in total. The number of aromatic nitrogens is 1. The average molecular weight is 291 g/mol. The van der Waals surface area contributed by atoms with Gasteiger partial charge in [0.15, 0.2) is 5.82 Å². The van der Waals surface area contributed by atoms with Crippen molar-refractivity contribution in [3.8, 4) is 0 Å². The Balaban J connectivity index is 2.18. The summed E-state index contributed by atoms with van der Waals surface area (Å²) in [4.78, 5) is 17.1. The highest BCUT2D eigenvalue weighted by Gasteiger charge is 2.16. The Morgan fingerprint density at radius 1 is 1.29 bits per heavy atom. The number of nitrogens with zero attached hydrogens (tertiary/aromatic N) is 2. The topological polar surface area (TPSA) is 45.2 Å². The van der Waals surface area contributed by atoms with E-state index in [9.17, 15) is 13.6 Å². The molecule has 1 amide bonds. The first-order chi connectivity index (χ1) is 9.97. The molecule has 0 saturated heterocycles. The third-order valence-corrected chi connectivity index (χ3v) is 2.77. The molecule has 2 aromatic rings. The second-order valence-electron chi connectivity index (χ2n) is 4.86. The summed E-state index contributed by atoms with van der Waals surface area (Å²) >= 11 is 0. The fourth-order valence-electron chi connectivity index (χ4n) is 1.90. The summed E-state index contributed by atoms with van der Waals surface area (Å²) in [5, 5.41) is 2.55. The number of anilines is 1. The van der Waals surface area contributed by atoms with Gasteiger partial charge in [-0.05, 0) is 37.9 Å². The Hall–Kier alpha value is -2.34. The van der Waals surface area contributed by atoms with Crippen molar-refractivity contribution >= 4 is 11.6 Å². The lowest BCUT2D eigenvalue weighted by molar-refractivity contribution is 0.102. The number of hydrogen-bond donors (Lipinski definition) is 1. The summed E-state index contributed by atoms with van der Waals surface area (Å²) in [5.41, 5.74) is 1.15. The van der Waals surface area contributed by atoms with Gasteiger partial charge < -0.3 is 10.2 Å². The Morgan fingerprint density at radius 2 is 2.05 bits per heavy atom. The van der Waals surface area contributed by atoms with Crippen LogP contribution in [0.5, 0.6) is 0 Å². The molecule has 0 aliphatic heterocycles. The molecule has 0 atom stereocenters. The minimum absolute atomic E-state index is 0.375. The molecular weight excluding hydrogens is 276 g/mol. The van der Waals surface area contributed by atoms with E-state index in [2.05, 4.69) is 10.3 Å². The van der Waals surface area contributed by atoms with Gasteiger partial charge in [-0.25, -0.2) is 9.37 Å². The molecule has 0 spiro atoms. The van der Waals surface area contributed by atoms with Gasteiger partial charge in [-0.1, -0.05) is 12.1 Å². The van der Waals surface area contributed by atoms with E-state index >= 15 is 0 Å². The molecule has 0 aliphatic rings. The first-order valence-electron chi connectivity index (χ1n) is 6.32. The van der Waals surface area contributed by atoms with Crippen LogP contribution in [-0.4, -0.2) is 29.9 Å². The van der Waals surface area contributed by atoms with Gasteiger partial charge in [0, 0.05) is 18.4 Å². The van der Waals surface area contributed by atoms with Gasteiger partial charge in [0.25, 0.3) is 5.91 Å². The van der Waals surface area contributed by atoms with E-state index in [4.69, 9.17) is 0 Å². The molecule has 0 bridgehead atoms. The molecule has 21 heavy (non-hydrogen) atoms. The number of nitrogens with one attached hydrogen (secondary N) is 1. The van der Waals surface area contributed by atoms with E-state index in [-0.39, 0.29) is 5.56 Å². The summed E-state index contributed by atoms with van der Waals surface area (Å²) in [7, 11) is 3.86. The van der Waals surface area contributed by atoms with E-state index in [0.717, 1.165) is 17.8 Å². The first-order valence-corrected chi connectivity index (χ1v) is 6.32. The summed E-state index contributed by atoms with van der Waals surface area (Å²) in [6.07, 6.45) is 1.05. The molecule has 110 valence electrons. The van der Waals surface area contributed by atoms with Crippen molar-refractivity contribution in [3.05, 3.63) is 59.4 Å². The van der Waals surface area contributed by atoms with E-state index in [0.29, 0.717) is 12.2 Å². The molecule has 0 fully saturated rings. The highest BCUT2D eigenvalue weighted by molar-refractivity contribution is 6.04. The number of carbonyl (C=O) groups is 1. The smallest absolute Gasteiger partial charge is 0.258 e. The van der Waals surface area contributed by atoms with Crippen LogP contribution in [0.4, 0.5) is 14.5 Å². The van der Waals surface area contributed by atoms with Crippen LogP contribution in [-0.2, 0) is 6.54 Å². The van der Waals surface area contributed by atoms with Crippen LogP contribution < -0.4 is 5.32 Å². The monoisotopic (exact) mass is 291 g/mol. The largest absolute Gasteiger partial charge is 0.322 e. The van der Waals surface area contributed by atoms with Crippen molar-refractivity contribution in [2.45, 2.75) is 6.54 Å². The van der Waals surface area contributed by atoms with Crippen molar-refractivity contribution in [2.24, 2.45) is 0 Å². The van der Waals surface area contributed by atoms with Crippen molar-refractivity contribution in [3.63, 3.8) is 0 Å². The van der Waals surface area contributed by atoms with Gasteiger partial charge in [0.05, 0.1) is 5.56 Å². The lowest BCUT2D eigenvalue weighted by Crippen LogP contribution is -2.16. The summed E-state index contributed by atoms with van der Waals surface area (Å²) in [6.45, 7) is 0.710. The molecule has 0 unspecified atom stereocenters. The van der Waals surface area contributed by atoms with Crippen molar-refractivity contribution in [2.75, 3.05) is 19.4 Å². The average Bonchev–Trinajstić information content (AvgIpc) is 2.41. The van der Waals surface area contributed by atoms with Crippen LogP contribution in [0, 0.1) is 11.8 Å². The van der Waals surface area contributed by atoms with E-state index < -0.39 is 17.7 Å². The van der Waals surface area contributed by atoms with E-state index in [1.54, 1.807) is 18.2 Å². The Bertz CT molecular complexity index is 659. The summed E-state index contributed by atoms with van der Waals surface area (Å²) < 4.78 is 26.5. The maximum absolute atomic E-state index is 13.5. The first kappa shape index (κ1) is 15.1. The van der Waals surface area contributed by atoms with Crippen LogP contribution >= 0.6 is 0 Å². The lowest BCUT2D eigenvalue weighted by atomic mass is 10.1. The Kier molecular flexibility index (Phi) is 4.59. The maximum Gasteiger partial charge on any atom is 0.258 e. The van der Waals surface area contributed by atoms with Gasteiger partial charge in [-0.2, -0.15) is 4.39 Å². The minimum Gasteiger partial charge on any atom is -0.322 e. The minimum atomic E-state index is -1.29. The zero-order valence-corrected chi connectivity index (χ0v) is 11.7. The zero-order valence-electron chi connectivity index (χ0n) is 11.7. The van der Waals surface area contributed by atoms with E-state index in [1.165, 1.54) is 0 Å². The predicted octanol–water partition coefficient (Wildman–Crippen LogP) is 2.67. The summed E-state index contributed by atoms with van der Waals surface area (Å²) in [5.74, 6) is -3.25. The van der Waals surface area contributed by atoms with Gasteiger partial charge in [-0.3, -0.25) is 4.79 Å². The number of amides is 1. The molecule has 2 rings (SSSR count). The maximum atomic E-state index is 13.5. The van der Waals surface area contributed by atoms with Crippen LogP contribution in [0.25, 0.3) is 0 Å². The Morgan fingerprint density at radius 3 is 2.76 bits per heavy atom. The lowest BCUT2D eigenvalue weighted by Gasteiger charge is -2.11. The van der Waals surface area contributed by atoms with Crippen LogP contribution in [0.1, 0.15) is 15.9 Å². The molecule has 1 heterocycles. The normalized spacial score (nSPS) is 10.7. The highest BCUT2D eigenvalue weighted by Crippen LogP contribution is 2.15. The standard InChI is InChI=1S/C15H15F2N3O/c1-20(2)9-10-4-3-5-11(8-10)19-15(21)12-6-7-18-14(17)13(12)16/h3-8H,9H2,1-2H3,(H,19,21). The Labute approximate surface area is 121 Å². The molecule has 4 nitrogen and oxygen atoms in total. The number of rotatable bonds is 4. The van der Waals surface area contributed by atoms with Crippen LogP contribution in [0.3, 0.4) is 0 Å². The van der Waals surface area contributed by atoms with Crippen molar-refractivity contribution < 1.29 is 13.6 Å². The van der Waals surface area contributed by atoms with Gasteiger partial charge >= 0.3 is 0 Å². The molecule has 0 aliphatic carbocycles. The molecule has 0 saturated carbocycles. The molecule has 1 aromatic heterocycles. The fraction of sp³-hybridized carbons (Fsp3) is 0.200. The number of carbonyl (C=O) groups excluding carboxylic acids is 1.